The molecule has 5 aromatic carbocycles. The normalized spacial score (nSPS) is 15.9. The van der Waals surface area contributed by atoms with Gasteiger partial charge in [-0.1, -0.05) is 158 Å². The van der Waals surface area contributed by atoms with E-state index in [1.165, 1.54) is 165 Å². The Hall–Kier alpha value is -4.82. The maximum absolute atomic E-state index is 2.65. The van der Waals surface area contributed by atoms with E-state index >= 15 is 0 Å². The van der Waals surface area contributed by atoms with Gasteiger partial charge in [0.15, 0.2) is 0 Å². The Balaban J connectivity index is 1.28. The van der Waals surface area contributed by atoms with E-state index in [4.69, 9.17) is 0 Å². The Labute approximate surface area is 369 Å². The third kappa shape index (κ3) is 9.35. The Morgan fingerprint density at radius 2 is 1.03 bits per heavy atom. The van der Waals surface area contributed by atoms with Crippen molar-refractivity contribution in [1.82, 2.24) is 0 Å². The first-order valence-corrected chi connectivity index (χ1v) is 24.4. The molecule has 5 aromatic rings. The van der Waals surface area contributed by atoms with Crippen molar-refractivity contribution in [3.63, 3.8) is 0 Å². The first kappa shape index (κ1) is 42.9. The van der Waals surface area contributed by atoms with Crippen LogP contribution in [0.4, 0.5) is 28.4 Å². The molecule has 2 nitrogen and oxygen atoms in total. The van der Waals surface area contributed by atoms with E-state index in [1.807, 2.05) is 0 Å². The summed E-state index contributed by atoms with van der Waals surface area (Å²) in [5, 5.41) is 0. The van der Waals surface area contributed by atoms with Crippen LogP contribution in [0.1, 0.15) is 158 Å². The molecular formula is C59H72N2. The smallest absolute Gasteiger partial charge is 0.0465 e. The van der Waals surface area contributed by atoms with Crippen LogP contribution in [0.25, 0.3) is 11.1 Å². The van der Waals surface area contributed by atoms with Crippen LogP contribution >= 0.6 is 0 Å². The van der Waals surface area contributed by atoms with Gasteiger partial charge < -0.3 is 9.80 Å². The zero-order valence-corrected chi connectivity index (χ0v) is 38.2. The van der Waals surface area contributed by atoms with Gasteiger partial charge in [-0.25, -0.2) is 0 Å². The summed E-state index contributed by atoms with van der Waals surface area (Å²) in [7, 11) is 0. The monoisotopic (exact) mass is 809 g/mol. The molecule has 3 aliphatic carbocycles. The molecule has 0 spiro atoms. The van der Waals surface area contributed by atoms with E-state index in [0.717, 1.165) is 18.8 Å². The Morgan fingerprint density at radius 3 is 1.56 bits per heavy atom. The molecule has 0 saturated heterocycles. The van der Waals surface area contributed by atoms with Gasteiger partial charge in [-0.3, -0.25) is 0 Å². The van der Waals surface area contributed by atoms with Crippen molar-refractivity contribution in [2.75, 3.05) is 9.80 Å². The van der Waals surface area contributed by atoms with E-state index < -0.39 is 0 Å². The van der Waals surface area contributed by atoms with Crippen LogP contribution in [0.15, 0.2) is 133 Å². The van der Waals surface area contributed by atoms with Crippen molar-refractivity contribution in [2.45, 2.75) is 156 Å². The summed E-state index contributed by atoms with van der Waals surface area (Å²) in [4.78, 5) is 5.11. The van der Waals surface area contributed by atoms with Gasteiger partial charge in [-0.15, -0.1) is 0 Å². The lowest BCUT2D eigenvalue weighted by molar-refractivity contribution is 0.398. The molecule has 318 valence electrons. The maximum atomic E-state index is 2.65. The lowest BCUT2D eigenvalue weighted by Gasteiger charge is -2.37. The second-order valence-electron chi connectivity index (χ2n) is 18.8. The van der Waals surface area contributed by atoms with Crippen molar-refractivity contribution >= 4 is 28.4 Å². The fraction of sp³-hybridized carbons (Fsp3) is 0.424. The number of anilines is 5. The predicted octanol–water partition coefficient (Wildman–Crippen LogP) is 17.9. The van der Waals surface area contributed by atoms with E-state index in [2.05, 4.69) is 166 Å². The van der Waals surface area contributed by atoms with Crippen LogP contribution in [-0.4, -0.2) is 0 Å². The molecule has 0 heterocycles. The third-order valence-corrected chi connectivity index (χ3v) is 14.4. The number of hydrogen-bond donors (Lipinski definition) is 0. The number of unbranched alkanes of at least 4 members (excludes halogenated alkanes) is 10. The van der Waals surface area contributed by atoms with E-state index in [1.54, 1.807) is 16.7 Å². The number of benzene rings is 5. The molecular weight excluding hydrogens is 737 g/mol. The first-order chi connectivity index (χ1) is 29.9. The lowest BCUT2D eigenvalue weighted by atomic mass is 9.70. The summed E-state index contributed by atoms with van der Waals surface area (Å²) in [5.41, 5.74) is 19.1. The average molecular weight is 809 g/mol. The van der Waals surface area contributed by atoms with Crippen LogP contribution in [-0.2, 0) is 11.8 Å². The van der Waals surface area contributed by atoms with Gasteiger partial charge >= 0.3 is 0 Å². The van der Waals surface area contributed by atoms with Crippen LogP contribution in [0.3, 0.4) is 0 Å². The Morgan fingerprint density at radius 1 is 0.525 bits per heavy atom. The van der Waals surface area contributed by atoms with Crippen LogP contribution < -0.4 is 9.80 Å². The van der Waals surface area contributed by atoms with Gasteiger partial charge in [-0.05, 0) is 164 Å². The Kier molecular flexibility index (Phi) is 14.0. The third-order valence-electron chi connectivity index (χ3n) is 14.4. The molecule has 0 radical (unpaired) electrons. The highest BCUT2D eigenvalue weighted by Crippen LogP contribution is 2.57. The number of hydrogen-bond acceptors (Lipinski definition) is 2. The molecule has 1 saturated carbocycles. The van der Waals surface area contributed by atoms with Crippen LogP contribution in [0, 0.1) is 19.8 Å². The van der Waals surface area contributed by atoms with Gasteiger partial charge in [0.1, 0.15) is 0 Å². The van der Waals surface area contributed by atoms with E-state index in [-0.39, 0.29) is 5.41 Å². The summed E-state index contributed by atoms with van der Waals surface area (Å²) in [6, 6.07) is 42.6. The molecule has 1 atom stereocenters. The molecule has 1 fully saturated rings. The molecule has 3 aliphatic rings. The molecule has 0 aliphatic heterocycles. The Bertz CT molecular complexity index is 2310. The molecule has 0 N–H and O–H groups in total. The summed E-state index contributed by atoms with van der Waals surface area (Å²) in [5.74, 6) is 0.748. The SMILES string of the molecule is CCCCCCCCC1(CCCCCCCC)c2cc(N(C3=CCC4CCC4=C3)c3cccc(C)c3)ccc2-c2ccc(N(c3cccc(C)c3)c3cccc(CC)c3)cc21. The fourth-order valence-electron chi connectivity index (χ4n) is 10.8. The quantitative estimate of drug-likeness (QED) is 0.0682. The van der Waals surface area contributed by atoms with Crippen LogP contribution in [0.5, 0.6) is 0 Å². The molecule has 61 heavy (non-hydrogen) atoms. The lowest BCUT2D eigenvalue weighted by Crippen LogP contribution is -2.27. The molecule has 2 heteroatoms. The number of nitrogens with zero attached hydrogens (tertiary/aromatic N) is 2. The molecule has 0 aromatic heterocycles. The summed E-state index contributed by atoms with van der Waals surface area (Å²) < 4.78 is 0. The number of aryl methyl sites for hydroxylation is 3. The minimum absolute atomic E-state index is 0.0630. The second kappa shape index (κ2) is 19.9. The predicted molar refractivity (Wildman–Crippen MR) is 264 cm³/mol. The molecule has 0 amide bonds. The van der Waals surface area contributed by atoms with Gasteiger partial charge in [0.05, 0.1) is 0 Å². The summed E-state index contributed by atoms with van der Waals surface area (Å²) in [6.45, 7) is 11.4. The van der Waals surface area contributed by atoms with E-state index in [0.29, 0.717) is 0 Å². The average Bonchev–Trinajstić information content (AvgIpc) is 3.52. The molecule has 8 rings (SSSR count). The van der Waals surface area contributed by atoms with Crippen molar-refractivity contribution in [3.05, 3.63) is 160 Å². The highest BCUT2D eigenvalue weighted by Gasteiger charge is 2.43. The van der Waals surface area contributed by atoms with E-state index in [9.17, 15) is 0 Å². The van der Waals surface area contributed by atoms with Gasteiger partial charge in [0, 0.05) is 39.5 Å². The van der Waals surface area contributed by atoms with Crippen LogP contribution in [0.2, 0.25) is 0 Å². The van der Waals surface area contributed by atoms with Gasteiger partial charge in [0.2, 0.25) is 0 Å². The minimum atomic E-state index is -0.0630. The fourth-order valence-corrected chi connectivity index (χ4v) is 10.8. The zero-order chi connectivity index (χ0) is 42.2. The highest BCUT2D eigenvalue weighted by molar-refractivity contribution is 5.88. The van der Waals surface area contributed by atoms with Crippen molar-refractivity contribution in [1.29, 1.82) is 0 Å². The number of rotatable bonds is 21. The largest absolute Gasteiger partial charge is 0.311 e. The molecule has 0 bridgehead atoms. The topological polar surface area (TPSA) is 6.48 Å². The highest BCUT2D eigenvalue weighted by atomic mass is 15.2. The minimum Gasteiger partial charge on any atom is -0.311 e. The van der Waals surface area contributed by atoms with Crippen molar-refractivity contribution in [3.8, 4) is 11.1 Å². The van der Waals surface area contributed by atoms with Crippen molar-refractivity contribution < 1.29 is 0 Å². The number of allylic oxidation sites excluding steroid dienone is 3. The first-order valence-electron chi connectivity index (χ1n) is 24.4. The molecule has 1 unspecified atom stereocenters. The summed E-state index contributed by atoms with van der Waals surface area (Å²) >= 11 is 0. The zero-order valence-electron chi connectivity index (χ0n) is 38.2. The van der Waals surface area contributed by atoms with Gasteiger partial charge in [-0.2, -0.15) is 0 Å². The maximum Gasteiger partial charge on any atom is 0.0465 e. The van der Waals surface area contributed by atoms with Crippen molar-refractivity contribution in [2.24, 2.45) is 5.92 Å². The van der Waals surface area contributed by atoms with Gasteiger partial charge in [0.25, 0.3) is 0 Å². The number of fused-ring (bicyclic) bond motifs is 4. The summed E-state index contributed by atoms with van der Waals surface area (Å²) in [6.07, 6.45) is 27.9. The second-order valence-corrected chi connectivity index (χ2v) is 18.8. The standard InChI is InChI=1S/C59H72N2/c1-6-9-11-13-15-17-36-59(37-18-16-14-12-10-7-2)57-42-53(60(49-25-19-22-44(4)38-49)51-27-21-24-46(8-3)40-51)32-34-55(57)56-35-33-54(43-58(56)59)61(50-26-20-23-45(5)39-50)52-31-30-47-28-29-48(47)41-52/h19-27,31-35,38-43,47H,6-18,28-30,36-37H2,1-5H3.